The molecule has 1 rings (SSSR count). The summed E-state index contributed by atoms with van der Waals surface area (Å²) in [6.07, 6.45) is 0. The molecule has 3 heteroatoms. The maximum absolute atomic E-state index is 5.55. The van der Waals surface area contributed by atoms with E-state index in [4.69, 9.17) is 4.74 Å². The minimum Gasteiger partial charge on any atom is -0.372 e. The fraction of sp³-hybridized carbons (Fsp3) is 0.333. The van der Waals surface area contributed by atoms with Gasteiger partial charge in [0.25, 0.3) is 0 Å². The number of rotatable bonds is 6. The summed E-state index contributed by atoms with van der Waals surface area (Å²) in [6.45, 7) is 5.91. The van der Waals surface area contributed by atoms with Crippen LogP contribution >= 0.6 is 15.9 Å². The number of likely N-dealkylation sites (N-methyl/N-ethyl adjacent to an activating group) is 1. The zero-order valence-corrected chi connectivity index (χ0v) is 10.5. The lowest BCUT2D eigenvalue weighted by atomic mass is 10.2. The first-order valence-electron chi connectivity index (χ1n) is 4.86. The number of ether oxygens (including phenoxy) is 1. The molecule has 0 fully saturated rings. The van der Waals surface area contributed by atoms with E-state index >= 15 is 0 Å². The van der Waals surface area contributed by atoms with Crippen molar-refractivity contribution >= 4 is 15.9 Å². The molecule has 0 aliphatic carbocycles. The van der Waals surface area contributed by atoms with Gasteiger partial charge in [0.1, 0.15) is 0 Å². The van der Waals surface area contributed by atoms with E-state index in [0.29, 0.717) is 13.2 Å². The van der Waals surface area contributed by atoms with Crippen molar-refractivity contribution in [2.24, 2.45) is 0 Å². The van der Waals surface area contributed by atoms with Gasteiger partial charge >= 0.3 is 0 Å². The standard InChI is InChI=1S/C12H16BrNO/c1-10(7-14-2)8-15-9-11-5-3-4-6-12(11)13/h3-6,14H,1,7-9H2,2H3. The van der Waals surface area contributed by atoms with Crippen LogP contribution in [0.3, 0.4) is 0 Å². The zero-order valence-electron chi connectivity index (χ0n) is 8.92. The van der Waals surface area contributed by atoms with Crippen molar-refractivity contribution in [1.29, 1.82) is 0 Å². The Hall–Kier alpha value is -0.640. The van der Waals surface area contributed by atoms with Gasteiger partial charge in [0, 0.05) is 11.0 Å². The molecule has 0 aliphatic rings. The average Bonchev–Trinajstić information content (AvgIpc) is 2.21. The van der Waals surface area contributed by atoms with Crippen LogP contribution in [0.25, 0.3) is 0 Å². The maximum atomic E-state index is 5.55. The summed E-state index contributed by atoms with van der Waals surface area (Å²) in [5.41, 5.74) is 2.22. The molecule has 0 aromatic heterocycles. The van der Waals surface area contributed by atoms with Crippen LogP contribution in [-0.2, 0) is 11.3 Å². The van der Waals surface area contributed by atoms with Gasteiger partial charge < -0.3 is 10.1 Å². The normalized spacial score (nSPS) is 10.3. The van der Waals surface area contributed by atoms with E-state index in [1.807, 2.05) is 31.3 Å². The van der Waals surface area contributed by atoms with E-state index in [1.165, 1.54) is 0 Å². The van der Waals surface area contributed by atoms with Gasteiger partial charge in [-0.25, -0.2) is 0 Å². The molecule has 82 valence electrons. The molecule has 1 N–H and O–H groups in total. The second-order valence-electron chi connectivity index (χ2n) is 3.36. The summed E-state index contributed by atoms with van der Waals surface area (Å²) in [5.74, 6) is 0. The van der Waals surface area contributed by atoms with E-state index in [2.05, 4.69) is 27.8 Å². The van der Waals surface area contributed by atoms with Crippen molar-refractivity contribution in [3.05, 3.63) is 46.5 Å². The van der Waals surface area contributed by atoms with E-state index in [1.54, 1.807) is 0 Å². The Balaban J connectivity index is 2.32. The third-order valence-electron chi connectivity index (χ3n) is 1.95. The molecule has 0 atom stereocenters. The van der Waals surface area contributed by atoms with Crippen molar-refractivity contribution < 1.29 is 4.74 Å². The van der Waals surface area contributed by atoms with Crippen molar-refractivity contribution in [2.75, 3.05) is 20.2 Å². The van der Waals surface area contributed by atoms with Crippen LogP contribution in [0.4, 0.5) is 0 Å². The van der Waals surface area contributed by atoms with E-state index in [9.17, 15) is 0 Å². The third kappa shape index (κ3) is 4.60. The number of nitrogens with one attached hydrogen (secondary N) is 1. The molecular weight excluding hydrogens is 254 g/mol. The van der Waals surface area contributed by atoms with Crippen LogP contribution in [0.2, 0.25) is 0 Å². The summed E-state index contributed by atoms with van der Waals surface area (Å²) in [7, 11) is 1.90. The van der Waals surface area contributed by atoms with Crippen LogP contribution in [-0.4, -0.2) is 20.2 Å². The van der Waals surface area contributed by atoms with E-state index in [-0.39, 0.29) is 0 Å². The smallest absolute Gasteiger partial charge is 0.0732 e. The van der Waals surface area contributed by atoms with Crippen LogP contribution in [0, 0.1) is 0 Å². The van der Waals surface area contributed by atoms with Crippen LogP contribution in [0.1, 0.15) is 5.56 Å². The van der Waals surface area contributed by atoms with E-state index in [0.717, 1.165) is 22.2 Å². The van der Waals surface area contributed by atoms with Gasteiger partial charge in [-0.05, 0) is 24.3 Å². The molecule has 15 heavy (non-hydrogen) atoms. The first kappa shape index (κ1) is 12.4. The summed E-state index contributed by atoms with van der Waals surface area (Å²) >= 11 is 3.48. The molecule has 0 radical (unpaired) electrons. The zero-order chi connectivity index (χ0) is 11.1. The third-order valence-corrected chi connectivity index (χ3v) is 2.72. The van der Waals surface area contributed by atoms with Crippen molar-refractivity contribution in [3.8, 4) is 0 Å². The Morgan fingerprint density at radius 2 is 2.20 bits per heavy atom. The predicted molar refractivity (Wildman–Crippen MR) is 66.9 cm³/mol. The van der Waals surface area contributed by atoms with Crippen LogP contribution in [0.15, 0.2) is 40.9 Å². The Morgan fingerprint density at radius 3 is 2.87 bits per heavy atom. The lowest BCUT2D eigenvalue weighted by Gasteiger charge is -2.07. The number of benzene rings is 1. The summed E-state index contributed by atoms with van der Waals surface area (Å²) in [4.78, 5) is 0. The number of halogens is 1. The van der Waals surface area contributed by atoms with Gasteiger partial charge in [-0.1, -0.05) is 40.7 Å². The minimum absolute atomic E-state index is 0.599. The highest BCUT2D eigenvalue weighted by atomic mass is 79.9. The predicted octanol–water partition coefficient (Wildman–Crippen LogP) is 2.74. The monoisotopic (exact) mass is 269 g/mol. The fourth-order valence-electron chi connectivity index (χ4n) is 1.22. The van der Waals surface area contributed by atoms with Crippen LogP contribution in [0.5, 0.6) is 0 Å². The van der Waals surface area contributed by atoms with Gasteiger partial charge in [0.05, 0.1) is 13.2 Å². The molecule has 0 saturated heterocycles. The van der Waals surface area contributed by atoms with Crippen LogP contribution < -0.4 is 5.32 Å². The largest absolute Gasteiger partial charge is 0.372 e. The average molecular weight is 270 g/mol. The number of hydrogen-bond acceptors (Lipinski definition) is 2. The Morgan fingerprint density at radius 1 is 1.47 bits per heavy atom. The second kappa shape index (κ2) is 6.77. The fourth-order valence-corrected chi connectivity index (χ4v) is 1.62. The highest BCUT2D eigenvalue weighted by Crippen LogP contribution is 2.16. The number of hydrogen-bond donors (Lipinski definition) is 1. The van der Waals surface area contributed by atoms with Gasteiger partial charge in [-0.15, -0.1) is 0 Å². The summed E-state index contributed by atoms with van der Waals surface area (Å²) in [5, 5.41) is 3.04. The molecule has 0 amide bonds. The highest BCUT2D eigenvalue weighted by molar-refractivity contribution is 9.10. The molecule has 0 spiro atoms. The molecule has 0 saturated carbocycles. The Labute approximate surface area is 99.5 Å². The summed E-state index contributed by atoms with van der Waals surface area (Å²) in [6, 6.07) is 8.06. The molecule has 0 heterocycles. The van der Waals surface area contributed by atoms with E-state index < -0.39 is 0 Å². The highest BCUT2D eigenvalue weighted by Gasteiger charge is 1.99. The molecule has 0 bridgehead atoms. The van der Waals surface area contributed by atoms with Gasteiger partial charge in [-0.3, -0.25) is 0 Å². The molecule has 1 aromatic carbocycles. The SMILES string of the molecule is C=C(CNC)COCc1ccccc1Br. The van der Waals surface area contributed by atoms with Crippen molar-refractivity contribution in [1.82, 2.24) is 5.32 Å². The second-order valence-corrected chi connectivity index (χ2v) is 4.22. The Kier molecular flexibility index (Phi) is 5.61. The molecule has 2 nitrogen and oxygen atoms in total. The minimum atomic E-state index is 0.599. The van der Waals surface area contributed by atoms with Gasteiger partial charge in [0.15, 0.2) is 0 Å². The maximum Gasteiger partial charge on any atom is 0.0732 e. The van der Waals surface area contributed by atoms with Crippen molar-refractivity contribution in [3.63, 3.8) is 0 Å². The lowest BCUT2D eigenvalue weighted by Crippen LogP contribution is -2.13. The van der Waals surface area contributed by atoms with Gasteiger partial charge in [-0.2, -0.15) is 0 Å². The first-order chi connectivity index (χ1) is 7.24. The Bertz CT molecular complexity index is 325. The topological polar surface area (TPSA) is 21.3 Å². The van der Waals surface area contributed by atoms with Gasteiger partial charge in [0.2, 0.25) is 0 Å². The molecular formula is C12H16BrNO. The molecule has 0 aliphatic heterocycles. The van der Waals surface area contributed by atoms with Crippen molar-refractivity contribution in [2.45, 2.75) is 6.61 Å². The molecule has 1 aromatic rings. The lowest BCUT2D eigenvalue weighted by molar-refractivity contribution is 0.141. The quantitative estimate of drug-likeness (QED) is 0.802. The summed E-state index contributed by atoms with van der Waals surface area (Å²) < 4.78 is 6.63. The first-order valence-corrected chi connectivity index (χ1v) is 5.65. The molecule has 0 unspecified atom stereocenters.